The maximum Gasteiger partial charge on any atom is 0.211 e. The molecule has 1 N–H and O–H groups in total. The first-order chi connectivity index (χ1) is 15.9. The van der Waals surface area contributed by atoms with Gasteiger partial charge in [-0.15, -0.1) is 11.6 Å². The van der Waals surface area contributed by atoms with Crippen LogP contribution in [0.1, 0.15) is 32.8 Å². The molecule has 176 valence electrons. The molecule has 1 aromatic heterocycles. The van der Waals surface area contributed by atoms with E-state index in [2.05, 4.69) is 16.1 Å². The number of anilines is 1. The molecule has 6 nitrogen and oxygen atoms in total. The predicted octanol–water partition coefficient (Wildman–Crippen LogP) is 3.90. The molecule has 1 amide bonds. The lowest BCUT2D eigenvalue weighted by molar-refractivity contribution is -0.105. The number of carbonyl (C=O) groups is 1. The molecule has 0 aliphatic heterocycles. The Bertz CT molecular complexity index is 1160. The van der Waals surface area contributed by atoms with Gasteiger partial charge in [0.1, 0.15) is 17.6 Å². The van der Waals surface area contributed by atoms with Gasteiger partial charge in [0.15, 0.2) is 0 Å². The lowest BCUT2D eigenvalue weighted by atomic mass is 10.1. The highest BCUT2D eigenvalue weighted by molar-refractivity contribution is 6.17. The summed E-state index contributed by atoms with van der Waals surface area (Å²) in [5, 5.41) is 14.0. The van der Waals surface area contributed by atoms with Crippen molar-refractivity contribution in [3.63, 3.8) is 0 Å². The Morgan fingerprint density at radius 3 is 2.67 bits per heavy atom. The number of allylic oxidation sites excluding steroid dienone is 2. The first-order valence-electron chi connectivity index (χ1n) is 10.7. The fraction of sp³-hybridized carbons (Fsp3) is 0.360. The average molecular weight is 474 g/mol. The van der Waals surface area contributed by atoms with E-state index in [0.29, 0.717) is 48.8 Å². The fourth-order valence-electron chi connectivity index (χ4n) is 3.52. The number of nitrogens with zero attached hydrogens (tertiary/aromatic N) is 2. The molecule has 0 saturated heterocycles. The van der Waals surface area contributed by atoms with Gasteiger partial charge in [0.05, 0.1) is 29.3 Å². The molecule has 0 atom stereocenters. The molecular weight excluding hydrogens is 445 g/mol. The van der Waals surface area contributed by atoms with E-state index in [1.807, 2.05) is 43.6 Å². The van der Waals surface area contributed by atoms with Crippen molar-refractivity contribution in [2.24, 2.45) is 0 Å². The minimum absolute atomic E-state index is 0.0209. The number of aromatic nitrogens is 1. The molecule has 3 rings (SSSR count). The molecule has 1 heterocycles. The third kappa shape index (κ3) is 6.47. The zero-order chi connectivity index (χ0) is 24.4. The van der Waals surface area contributed by atoms with Crippen molar-refractivity contribution in [3.05, 3.63) is 52.0 Å². The zero-order valence-corrected chi connectivity index (χ0v) is 20.1. The zero-order valence-electron chi connectivity index (χ0n) is 19.3. The number of methoxy groups -OCH3 is 1. The van der Waals surface area contributed by atoms with Crippen LogP contribution < -0.4 is 15.9 Å². The van der Waals surface area contributed by atoms with Crippen LogP contribution >= 0.6 is 11.6 Å². The van der Waals surface area contributed by atoms with Crippen molar-refractivity contribution in [1.29, 1.82) is 5.26 Å². The first kappa shape index (κ1) is 26.2. The Kier molecular flexibility index (Phi) is 10.2. The number of hydrogen-bond acceptors (Lipinski definition) is 4. The second-order valence-electron chi connectivity index (χ2n) is 7.37. The molecule has 1 aromatic carbocycles. The third-order valence-electron chi connectivity index (χ3n) is 4.79. The number of halogens is 2. The van der Waals surface area contributed by atoms with Crippen molar-refractivity contribution >= 4 is 35.9 Å². The number of benzene rings is 1. The summed E-state index contributed by atoms with van der Waals surface area (Å²) in [7, 11) is 1.63. The predicted molar refractivity (Wildman–Crippen MR) is 130 cm³/mol. The molecule has 8 heteroatoms. The van der Waals surface area contributed by atoms with Crippen LogP contribution in [0.25, 0.3) is 23.4 Å². The van der Waals surface area contributed by atoms with E-state index >= 15 is 0 Å². The first-order valence-corrected chi connectivity index (χ1v) is 11.2. The quantitative estimate of drug-likeness (QED) is 0.466. The van der Waals surface area contributed by atoms with Gasteiger partial charge < -0.3 is 19.4 Å². The summed E-state index contributed by atoms with van der Waals surface area (Å²) in [6.45, 7) is 7.05. The summed E-state index contributed by atoms with van der Waals surface area (Å²) >= 11 is 5.18. The van der Waals surface area contributed by atoms with Gasteiger partial charge in [0.2, 0.25) is 6.41 Å². The van der Waals surface area contributed by atoms with Gasteiger partial charge in [-0.2, -0.15) is 5.26 Å². The van der Waals surface area contributed by atoms with Crippen LogP contribution in [-0.4, -0.2) is 36.7 Å². The molecule has 0 bridgehead atoms. The minimum atomic E-state index is -0.454. The van der Waals surface area contributed by atoms with E-state index in [-0.39, 0.29) is 11.7 Å². The van der Waals surface area contributed by atoms with Crippen molar-refractivity contribution < 1.29 is 18.7 Å². The highest BCUT2D eigenvalue weighted by Crippen LogP contribution is 2.27. The van der Waals surface area contributed by atoms with Crippen LogP contribution in [-0.2, 0) is 20.8 Å². The summed E-state index contributed by atoms with van der Waals surface area (Å²) in [5.74, 6) is 0.867. The van der Waals surface area contributed by atoms with Gasteiger partial charge in [-0.25, -0.2) is 4.39 Å². The van der Waals surface area contributed by atoms with E-state index in [0.717, 1.165) is 16.3 Å². The fourth-order valence-corrected chi connectivity index (χ4v) is 3.68. The molecule has 0 fully saturated rings. The summed E-state index contributed by atoms with van der Waals surface area (Å²) in [4.78, 5) is 10.8. The maximum absolute atomic E-state index is 14.7. The smallest absolute Gasteiger partial charge is 0.211 e. The largest absolute Gasteiger partial charge is 0.491 e. The number of rotatable bonds is 8. The normalized spacial score (nSPS) is 12.1. The molecule has 1 aliphatic carbocycles. The minimum Gasteiger partial charge on any atom is -0.491 e. The Balaban J connectivity index is 0.000000696. The third-order valence-corrected chi connectivity index (χ3v) is 4.95. The molecule has 0 spiro atoms. The van der Waals surface area contributed by atoms with Crippen molar-refractivity contribution in [3.8, 4) is 17.3 Å². The summed E-state index contributed by atoms with van der Waals surface area (Å²) in [5.41, 5.74) is 1.65. The molecule has 33 heavy (non-hydrogen) atoms. The van der Waals surface area contributed by atoms with Gasteiger partial charge in [-0.05, 0) is 51.5 Å². The highest BCUT2D eigenvalue weighted by atomic mass is 35.5. The molecule has 0 unspecified atom stereocenters. The molecule has 0 radical (unpaired) electrons. The molecular formula is C25H29ClFN3O3. The van der Waals surface area contributed by atoms with Gasteiger partial charge >= 0.3 is 0 Å². The number of carbonyl (C=O) groups excluding carboxylic acids is 1. The van der Waals surface area contributed by atoms with Gasteiger partial charge in [-0.1, -0.05) is 6.08 Å². The molecule has 1 aliphatic rings. The summed E-state index contributed by atoms with van der Waals surface area (Å²) in [6.07, 6.45) is 7.00. The van der Waals surface area contributed by atoms with E-state index in [1.54, 1.807) is 13.2 Å². The number of fused-ring (bicyclic) bond motifs is 1. The van der Waals surface area contributed by atoms with Crippen molar-refractivity contribution in [1.82, 2.24) is 4.57 Å². The van der Waals surface area contributed by atoms with Crippen LogP contribution in [0, 0.1) is 17.1 Å². The van der Waals surface area contributed by atoms with E-state index in [4.69, 9.17) is 16.3 Å². The van der Waals surface area contributed by atoms with Crippen molar-refractivity contribution in [2.45, 2.75) is 39.8 Å². The van der Waals surface area contributed by atoms with E-state index in [1.165, 1.54) is 12.1 Å². The summed E-state index contributed by atoms with van der Waals surface area (Å²) < 4.78 is 27.1. The number of amides is 1. The SMILES string of the molecule is CCn1c(-c2cc(NC=O)ccc2F)c(C#N)c2c1=CC(OC(C)C)=CCC=2.COCCCl. The average Bonchev–Trinajstić information content (AvgIpc) is 2.92. The Morgan fingerprint density at radius 2 is 2.12 bits per heavy atom. The Labute approximate surface area is 198 Å². The second-order valence-corrected chi connectivity index (χ2v) is 7.75. The lowest BCUT2D eigenvalue weighted by Gasteiger charge is -2.12. The molecule has 0 saturated carbocycles. The van der Waals surface area contributed by atoms with E-state index < -0.39 is 5.82 Å². The van der Waals surface area contributed by atoms with Crippen LogP contribution in [0.2, 0.25) is 0 Å². The van der Waals surface area contributed by atoms with Gasteiger partial charge in [0.25, 0.3) is 0 Å². The van der Waals surface area contributed by atoms with Crippen LogP contribution in [0.15, 0.2) is 30.0 Å². The lowest BCUT2D eigenvalue weighted by Crippen LogP contribution is -2.30. The monoisotopic (exact) mass is 473 g/mol. The van der Waals surface area contributed by atoms with Crippen LogP contribution in [0.3, 0.4) is 0 Å². The Morgan fingerprint density at radius 1 is 1.36 bits per heavy atom. The maximum atomic E-state index is 14.7. The number of hydrogen-bond donors (Lipinski definition) is 1. The number of nitrogens with one attached hydrogen (secondary N) is 1. The number of ether oxygens (including phenoxy) is 2. The van der Waals surface area contributed by atoms with E-state index in [9.17, 15) is 14.4 Å². The van der Waals surface area contributed by atoms with Crippen molar-refractivity contribution in [2.75, 3.05) is 24.9 Å². The second kappa shape index (κ2) is 12.8. The molecule has 2 aromatic rings. The standard InChI is InChI=1S/C22H22FN3O2.C3H7ClO/c1-4-26-21-11-16(28-14(2)3)6-5-7-17(21)19(12-24)22(26)18-10-15(25-13-27)8-9-20(18)23;1-5-3-2-4/h6-11,13-14H,4-5H2,1-3H3,(H,25,27);2-3H2,1H3. The Hall–Kier alpha value is -3.08. The van der Waals surface area contributed by atoms with Gasteiger partial charge in [0, 0.05) is 42.1 Å². The number of alkyl halides is 1. The highest BCUT2D eigenvalue weighted by Gasteiger charge is 2.20. The van der Waals surface area contributed by atoms with Gasteiger partial charge in [-0.3, -0.25) is 4.79 Å². The summed E-state index contributed by atoms with van der Waals surface area (Å²) in [6, 6.07) is 6.57. The van der Waals surface area contributed by atoms with Crippen LogP contribution in [0.4, 0.5) is 10.1 Å². The topological polar surface area (TPSA) is 76.3 Å². The van der Waals surface area contributed by atoms with Crippen LogP contribution in [0.5, 0.6) is 0 Å². The number of nitriles is 1.